The molecule has 0 saturated carbocycles. The zero-order chi connectivity index (χ0) is 19.6. The monoisotopic (exact) mass is 533 g/mol. The lowest BCUT2D eigenvalue weighted by molar-refractivity contribution is 0.255. The molecule has 29 heavy (non-hydrogen) atoms. The normalized spacial score (nSPS) is 20.3. The van der Waals surface area contributed by atoms with Gasteiger partial charge in [-0.1, -0.05) is 0 Å². The molecule has 8 heteroatoms. The molecular formula is C21H36IN5OS. The highest BCUT2D eigenvalue weighted by Gasteiger charge is 2.17. The zero-order valence-corrected chi connectivity index (χ0v) is 20.9. The number of benzene rings is 1. The number of halogens is 1. The molecule has 1 unspecified atom stereocenters. The Hall–Kier alpha value is -0.870. The second-order valence-electron chi connectivity index (χ2n) is 7.40. The Morgan fingerprint density at radius 2 is 1.93 bits per heavy atom. The third-order valence-corrected chi connectivity index (χ3v) is 6.90. The van der Waals surface area contributed by atoms with Gasteiger partial charge in [0.25, 0.3) is 0 Å². The number of nitrogens with zero attached hydrogens (tertiary/aromatic N) is 3. The lowest BCUT2D eigenvalue weighted by Gasteiger charge is -2.36. The topological polar surface area (TPSA) is 52.1 Å². The van der Waals surface area contributed by atoms with Crippen molar-refractivity contribution in [3.05, 3.63) is 24.3 Å². The van der Waals surface area contributed by atoms with Crippen LogP contribution >= 0.6 is 35.7 Å². The summed E-state index contributed by atoms with van der Waals surface area (Å²) in [7, 11) is 3.57. The number of thioether (sulfide) groups is 1. The molecule has 6 nitrogen and oxygen atoms in total. The van der Waals surface area contributed by atoms with Gasteiger partial charge in [0.15, 0.2) is 5.96 Å². The van der Waals surface area contributed by atoms with Gasteiger partial charge in [-0.2, -0.15) is 11.8 Å². The van der Waals surface area contributed by atoms with E-state index in [1.54, 1.807) is 7.11 Å². The minimum atomic E-state index is 0. The molecule has 0 bridgehead atoms. The van der Waals surface area contributed by atoms with E-state index in [0.717, 1.165) is 69.2 Å². The van der Waals surface area contributed by atoms with Gasteiger partial charge in [0.05, 0.1) is 7.11 Å². The summed E-state index contributed by atoms with van der Waals surface area (Å²) in [5.41, 5.74) is 1.29. The predicted molar refractivity (Wildman–Crippen MR) is 137 cm³/mol. The molecule has 1 aromatic rings. The van der Waals surface area contributed by atoms with E-state index in [9.17, 15) is 0 Å². The summed E-state index contributed by atoms with van der Waals surface area (Å²) in [5, 5.41) is 7.68. The van der Waals surface area contributed by atoms with Crippen molar-refractivity contribution in [2.24, 2.45) is 4.99 Å². The first kappa shape index (κ1) is 24.4. The van der Waals surface area contributed by atoms with E-state index in [1.165, 1.54) is 24.3 Å². The molecule has 0 amide bonds. The molecule has 1 aromatic carbocycles. The van der Waals surface area contributed by atoms with Crippen LogP contribution < -0.4 is 20.3 Å². The van der Waals surface area contributed by atoms with E-state index in [4.69, 9.17) is 4.74 Å². The van der Waals surface area contributed by atoms with Gasteiger partial charge in [0.2, 0.25) is 0 Å². The fourth-order valence-corrected chi connectivity index (χ4v) is 4.97. The quantitative estimate of drug-likeness (QED) is 0.232. The Balaban J connectivity index is 0.00000300. The highest BCUT2D eigenvalue weighted by atomic mass is 127. The molecule has 0 aromatic heterocycles. The fourth-order valence-electron chi connectivity index (χ4n) is 3.77. The SMILES string of the molecule is CN=C(NCCCN1CCN(c2ccc(OC)cc2)CC1)NCC1CCCS1.I. The first-order chi connectivity index (χ1) is 13.8. The Bertz CT molecular complexity index is 602. The van der Waals surface area contributed by atoms with Crippen LogP contribution in [0.25, 0.3) is 0 Å². The van der Waals surface area contributed by atoms with E-state index in [2.05, 4.69) is 49.3 Å². The van der Waals surface area contributed by atoms with Crippen LogP contribution in [0.2, 0.25) is 0 Å². The van der Waals surface area contributed by atoms with Crippen molar-refractivity contribution in [3.8, 4) is 5.75 Å². The maximum atomic E-state index is 5.25. The Kier molecular flexibility index (Phi) is 11.3. The van der Waals surface area contributed by atoms with Gasteiger partial charge >= 0.3 is 0 Å². The summed E-state index contributed by atoms with van der Waals surface area (Å²) < 4.78 is 5.25. The summed E-state index contributed by atoms with van der Waals surface area (Å²) in [4.78, 5) is 9.37. The van der Waals surface area contributed by atoms with Gasteiger partial charge in [-0.05, 0) is 55.8 Å². The van der Waals surface area contributed by atoms with Crippen LogP contribution in [0.15, 0.2) is 29.3 Å². The number of methoxy groups -OCH3 is 1. The van der Waals surface area contributed by atoms with Gasteiger partial charge in [-0.15, -0.1) is 24.0 Å². The maximum Gasteiger partial charge on any atom is 0.191 e. The van der Waals surface area contributed by atoms with Crippen molar-refractivity contribution >= 4 is 47.4 Å². The summed E-state index contributed by atoms with van der Waals surface area (Å²) >= 11 is 2.08. The molecule has 1 atom stereocenters. The Morgan fingerprint density at radius 1 is 1.17 bits per heavy atom. The molecule has 164 valence electrons. The van der Waals surface area contributed by atoms with Crippen LogP contribution in [-0.2, 0) is 0 Å². The van der Waals surface area contributed by atoms with Crippen LogP contribution in [0.4, 0.5) is 5.69 Å². The lowest BCUT2D eigenvalue weighted by atomic mass is 10.2. The average molecular weight is 534 g/mol. The number of ether oxygens (including phenoxy) is 1. The standard InChI is InChI=1S/C21H35N5OS.HI/c1-22-21(24-17-20-5-3-16-28-20)23-10-4-11-25-12-14-26(15-13-25)18-6-8-19(27-2)9-7-18;/h6-9,20H,3-5,10-17H2,1-2H3,(H2,22,23,24);1H. The van der Waals surface area contributed by atoms with Crippen molar-refractivity contribution in [3.63, 3.8) is 0 Å². The Labute approximate surface area is 197 Å². The van der Waals surface area contributed by atoms with Crippen LogP contribution in [-0.4, -0.2) is 81.8 Å². The highest BCUT2D eigenvalue weighted by Crippen LogP contribution is 2.25. The van der Waals surface area contributed by atoms with Gasteiger partial charge in [-0.3, -0.25) is 9.89 Å². The van der Waals surface area contributed by atoms with E-state index < -0.39 is 0 Å². The second kappa shape index (κ2) is 13.4. The minimum Gasteiger partial charge on any atom is -0.497 e. The number of anilines is 1. The summed E-state index contributed by atoms with van der Waals surface area (Å²) in [6, 6.07) is 8.39. The van der Waals surface area contributed by atoms with Crippen molar-refractivity contribution in [2.45, 2.75) is 24.5 Å². The molecule has 0 spiro atoms. The van der Waals surface area contributed by atoms with Crippen LogP contribution in [0, 0.1) is 0 Å². The highest BCUT2D eigenvalue weighted by molar-refractivity contribution is 14.0. The second-order valence-corrected chi connectivity index (χ2v) is 8.80. The number of hydrogen-bond donors (Lipinski definition) is 2. The first-order valence-corrected chi connectivity index (χ1v) is 11.5. The van der Waals surface area contributed by atoms with E-state index in [1.807, 2.05) is 19.2 Å². The van der Waals surface area contributed by atoms with Crippen LogP contribution in [0.5, 0.6) is 5.75 Å². The molecule has 2 aliphatic heterocycles. The fraction of sp³-hybridized carbons (Fsp3) is 0.667. The molecule has 3 rings (SSSR count). The molecule has 2 fully saturated rings. The smallest absolute Gasteiger partial charge is 0.191 e. The molecule has 0 aliphatic carbocycles. The summed E-state index contributed by atoms with van der Waals surface area (Å²) in [5.74, 6) is 3.17. The molecule has 2 saturated heterocycles. The van der Waals surface area contributed by atoms with E-state index >= 15 is 0 Å². The third-order valence-electron chi connectivity index (χ3n) is 5.50. The lowest BCUT2D eigenvalue weighted by Crippen LogP contribution is -2.47. The van der Waals surface area contributed by atoms with Gasteiger partial charge in [0, 0.05) is 57.3 Å². The Morgan fingerprint density at radius 3 is 2.55 bits per heavy atom. The summed E-state index contributed by atoms with van der Waals surface area (Å²) in [6.45, 7) is 7.55. The number of nitrogens with one attached hydrogen (secondary N) is 2. The van der Waals surface area contributed by atoms with Crippen molar-refractivity contribution in [1.29, 1.82) is 0 Å². The van der Waals surface area contributed by atoms with Gasteiger partial charge in [-0.25, -0.2) is 0 Å². The van der Waals surface area contributed by atoms with Gasteiger partial charge in [0.1, 0.15) is 5.75 Å². The largest absolute Gasteiger partial charge is 0.497 e. The number of guanidine groups is 1. The van der Waals surface area contributed by atoms with Crippen molar-refractivity contribution in [1.82, 2.24) is 15.5 Å². The number of piperazine rings is 1. The van der Waals surface area contributed by atoms with Crippen molar-refractivity contribution in [2.75, 3.05) is 70.6 Å². The molecule has 2 aliphatic rings. The number of hydrogen-bond acceptors (Lipinski definition) is 5. The molecule has 0 radical (unpaired) electrons. The van der Waals surface area contributed by atoms with Crippen LogP contribution in [0.3, 0.4) is 0 Å². The average Bonchev–Trinajstić information content (AvgIpc) is 3.27. The number of aliphatic imine (C=N–C) groups is 1. The van der Waals surface area contributed by atoms with E-state index in [-0.39, 0.29) is 24.0 Å². The predicted octanol–water partition coefficient (Wildman–Crippen LogP) is 2.89. The molecular weight excluding hydrogens is 497 g/mol. The van der Waals surface area contributed by atoms with Crippen molar-refractivity contribution < 1.29 is 4.74 Å². The van der Waals surface area contributed by atoms with E-state index in [0.29, 0.717) is 0 Å². The zero-order valence-electron chi connectivity index (χ0n) is 17.7. The van der Waals surface area contributed by atoms with Crippen LogP contribution in [0.1, 0.15) is 19.3 Å². The van der Waals surface area contributed by atoms with Gasteiger partial charge < -0.3 is 20.3 Å². The third kappa shape index (κ3) is 8.05. The maximum absolute atomic E-state index is 5.25. The first-order valence-electron chi connectivity index (χ1n) is 10.5. The molecule has 2 heterocycles. The molecule has 2 N–H and O–H groups in total. The summed E-state index contributed by atoms with van der Waals surface area (Å²) in [6.07, 6.45) is 3.83. The minimum absolute atomic E-state index is 0. The number of rotatable bonds is 8.